The lowest BCUT2D eigenvalue weighted by molar-refractivity contribution is -0.143. The Morgan fingerprint density at radius 3 is 2.55 bits per heavy atom. The highest BCUT2D eigenvalue weighted by atomic mass is 19.4. The fourth-order valence-corrected chi connectivity index (χ4v) is 1.75. The first kappa shape index (κ1) is 17.8. The number of amides is 1. The number of alkyl halides is 3. The molecule has 0 heterocycles. The zero-order valence-electron chi connectivity index (χ0n) is 12.0. The van der Waals surface area contributed by atoms with E-state index in [0.29, 0.717) is 4.90 Å². The van der Waals surface area contributed by atoms with E-state index in [-0.39, 0.29) is 11.3 Å². The molecule has 4 nitrogen and oxygen atoms in total. The van der Waals surface area contributed by atoms with Crippen molar-refractivity contribution in [2.24, 2.45) is 4.99 Å². The van der Waals surface area contributed by atoms with Crippen molar-refractivity contribution in [3.8, 4) is 0 Å². The molecule has 0 aliphatic rings. The van der Waals surface area contributed by atoms with Crippen LogP contribution in [0, 0.1) is 11.2 Å². The summed E-state index contributed by atoms with van der Waals surface area (Å²) in [5, 5.41) is 6.85. The minimum Gasteiger partial charge on any atom is -0.327 e. The van der Waals surface area contributed by atoms with Crippen LogP contribution in [0.5, 0.6) is 0 Å². The highest BCUT2D eigenvalue weighted by Gasteiger charge is 2.35. The number of nitrogens with zero attached hydrogens (tertiary/aromatic N) is 2. The molecule has 0 atom stereocenters. The lowest BCUT2D eigenvalue weighted by atomic mass is 10.1. The first-order valence-electron chi connectivity index (χ1n) is 6.36. The first-order chi connectivity index (χ1) is 10.2. The number of rotatable bonds is 5. The number of hydrogen-bond acceptors (Lipinski definition) is 3. The van der Waals surface area contributed by atoms with Crippen LogP contribution in [0.25, 0.3) is 0 Å². The van der Waals surface area contributed by atoms with E-state index in [2.05, 4.69) is 4.99 Å². The molecule has 0 spiro atoms. The van der Waals surface area contributed by atoms with Crippen molar-refractivity contribution in [1.82, 2.24) is 4.90 Å². The molecule has 1 amide bonds. The fraction of sp³-hybridized carbons (Fsp3) is 0.357. The van der Waals surface area contributed by atoms with Gasteiger partial charge in [0, 0.05) is 18.5 Å². The van der Waals surface area contributed by atoms with Gasteiger partial charge in [-0.3, -0.25) is 9.79 Å². The summed E-state index contributed by atoms with van der Waals surface area (Å²) in [6.07, 6.45) is -2.67. The molecule has 0 saturated heterocycles. The average molecular weight is 317 g/mol. The summed E-state index contributed by atoms with van der Waals surface area (Å²) in [7, 11) is 0. The van der Waals surface area contributed by atoms with Crippen LogP contribution in [0.4, 0.5) is 23.2 Å². The number of carbonyl (C=O) groups excluding carboxylic acids is 1. The second-order valence-electron chi connectivity index (χ2n) is 4.75. The minimum absolute atomic E-state index is 0.00252. The molecule has 0 radical (unpaired) electrons. The highest BCUT2D eigenvalue weighted by Crippen LogP contribution is 2.25. The van der Waals surface area contributed by atoms with Crippen molar-refractivity contribution >= 4 is 24.0 Å². The van der Waals surface area contributed by atoms with Gasteiger partial charge >= 0.3 is 6.18 Å². The van der Waals surface area contributed by atoms with Gasteiger partial charge in [0.05, 0.1) is 11.3 Å². The van der Waals surface area contributed by atoms with E-state index in [1.54, 1.807) is 0 Å². The van der Waals surface area contributed by atoms with Gasteiger partial charge in [-0.2, -0.15) is 13.2 Å². The molecule has 1 aromatic carbocycles. The Kier molecular flexibility index (Phi) is 5.78. The third-order valence-corrected chi connectivity index (χ3v) is 2.71. The van der Waals surface area contributed by atoms with Gasteiger partial charge in [0.1, 0.15) is 12.4 Å². The highest BCUT2D eigenvalue weighted by molar-refractivity contribution is 6.15. The van der Waals surface area contributed by atoms with Crippen molar-refractivity contribution in [3.63, 3.8) is 0 Å². The number of aliphatic imine (C=N–C) groups is 1. The molecule has 120 valence electrons. The Morgan fingerprint density at radius 1 is 1.41 bits per heavy atom. The predicted molar refractivity (Wildman–Crippen MR) is 75.6 cm³/mol. The summed E-state index contributed by atoms with van der Waals surface area (Å²) in [4.78, 5) is 16.7. The number of nitrogens with one attached hydrogen (secondary N) is 1. The Bertz CT molecular complexity index is 582. The van der Waals surface area contributed by atoms with E-state index in [1.807, 2.05) is 0 Å². The lowest BCUT2D eigenvalue weighted by Gasteiger charge is -2.28. The maximum absolute atomic E-state index is 13.3. The van der Waals surface area contributed by atoms with E-state index < -0.39 is 30.5 Å². The van der Waals surface area contributed by atoms with Crippen molar-refractivity contribution in [2.75, 3.05) is 6.54 Å². The Hall–Kier alpha value is -2.25. The number of carbonyl (C=O) groups is 1. The largest absolute Gasteiger partial charge is 0.406 e. The molecule has 1 rings (SSSR count). The van der Waals surface area contributed by atoms with Crippen molar-refractivity contribution in [1.29, 1.82) is 5.41 Å². The molecule has 22 heavy (non-hydrogen) atoms. The van der Waals surface area contributed by atoms with E-state index in [1.165, 1.54) is 19.9 Å². The van der Waals surface area contributed by atoms with Gasteiger partial charge in [0.2, 0.25) is 0 Å². The maximum atomic E-state index is 13.3. The Labute approximate surface area is 125 Å². The minimum atomic E-state index is -4.56. The van der Waals surface area contributed by atoms with Crippen molar-refractivity contribution < 1.29 is 22.4 Å². The summed E-state index contributed by atoms with van der Waals surface area (Å²) in [5.41, 5.74) is -0.279. The van der Waals surface area contributed by atoms with Crippen LogP contribution in [-0.4, -0.2) is 42.0 Å². The molecular formula is C14H15F4N3O. The van der Waals surface area contributed by atoms with Gasteiger partial charge in [0.25, 0.3) is 5.91 Å². The molecule has 0 aliphatic heterocycles. The average Bonchev–Trinajstić information content (AvgIpc) is 2.41. The van der Waals surface area contributed by atoms with Gasteiger partial charge < -0.3 is 10.3 Å². The molecule has 0 saturated carbocycles. The van der Waals surface area contributed by atoms with Crippen LogP contribution >= 0.6 is 0 Å². The number of benzene rings is 1. The predicted octanol–water partition coefficient (Wildman–Crippen LogP) is 3.59. The molecule has 0 fully saturated rings. The standard InChI is InChI=1S/C14H15F4N3O/c1-9(2)21(8-14(16,17)18)13(22)11-7-10(15)3-4-12(11)20-6-5-19/h3-7,9,19H,8H2,1-2H3. The van der Waals surface area contributed by atoms with Crippen LogP contribution in [0.2, 0.25) is 0 Å². The summed E-state index contributed by atoms with van der Waals surface area (Å²) < 4.78 is 51.1. The van der Waals surface area contributed by atoms with Gasteiger partial charge in [0.15, 0.2) is 0 Å². The van der Waals surface area contributed by atoms with Crippen LogP contribution in [0.1, 0.15) is 24.2 Å². The molecule has 1 N–H and O–H groups in total. The second kappa shape index (κ2) is 7.15. The lowest BCUT2D eigenvalue weighted by Crippen LogP contribution is -2.43. The number of hydrogen-bond donors (Lipinski definition) is 1. The van der Waals surface area contributed by atoms with Gasteiger partial charge in [-0.25, -0.2) is 4.39 Å². The fourth-order valence-electron chi connectivity index (χ4n) is 1.75. The van der Waals surface area contributed by atoms with Crippen molar-refractivity contribution in [2.45, 2.75) is 26.1 Å². The topological polar surface area (TPSA) is 56.5 Å². The second-order valence-corrected chi connectivity index (χ2v) is 4.75. The zero-order valence-corrected chi connectivity index (χ0v) is 12.0. The first-order valence-corrected chi connectivity index (χ1v) is 6.36. The molecular weight excluding hydrogens is 302 g/mol. The van der Waals surface area contributed by atoms with E-state index in [4.69, 9.17) is 5.41 Å². The van der Waals surface area contributed by atoms with Gasteiger partial charge in [-0.15, -0.1) is 0 Å². The van der Waals surface area contributed by atoms with Gasteiger partial charge in [-0.1, -0.05) is 0 Å². The van der Waals surface area contributed by atoms with Crippen LogP contribution in [0.3, 0.4) is 0 Å². The van der Waals surface area contributed by atoms with E-state index >= 15 is 0 Å². The summed E-state index contributed by atoms with van der Waals surface area (Å²) in [5.74, 6) is -1.73. The molecule has 0 aliphatic carbocycles. The SMILES string of the molecule is CC(C)N(CC(F)(F)F)C(=O)c1cc(F)ccc1N=CC=N. The summed E-state index contributed by atoms with van der Waals surface area (Å²) >= 11 is 0. The smallest absolute Gasteiger partial charge is 0.327 e. The molecule has 0 aromatic heterocycles. The molecule has 0 bridgehead atoms. The molecule has 0 unspecified atom stereocenters. The zero-order chi connectivity index (χ0) is 16.9. The van der Waals surface area contributed by atoms with Crippen LogP contribution < -0.4 is 0 Å². The van der Waals surface area contributed by atoms with E-state index in [0.717, 1.165) is 24.6 Å². The van der Waals surface area contributed by atoms with E-state index in [9.17, 15) is 22.4 Å². The maximum Gasteiger partial charge on any atom is 0.406 e. The molecule has 8 heteroatoms. The normalized spacial score (nSPS) is 12.0. The Balaban J connectivity index is 3.26. The van der Waals surface area contributed by atoms with Gasteiger partial charge in [-0.05, 0) is 32.0 Å². The Morgan fingerprint density at radius 2 is 2.05 bits per heavy atom. The van der Waals surface area contributed by atoms with Crippen LogP contribution in [-0.2, 0) is 0 Å². The number of halogens is 4. The van der Waals surface area contributed by atoms with Crippen molar-refractivity contribution in [3.05, 3.63) is 29.6 Å². The summed E-state index contributed by atoms with van der Waals surface area (Å²) in [6.45, 7) is 1.43. The molecule has 1 aromatic rings. The quantitative estimate of drug-likeness (QED) is 0.655. The summed E-state index contributed by atoms with van der Waals surface area (Å²) in [6, 6.07) is 2.33. The van der Waals surface area contributed by atoms with Crippen LogP contribution in [0.15, 0.2) is 23.2 Å². The third kappa shape index (κ3) is 4.94. The third-order valence-electron chi connectivity index (χ3n) is 2.71. The monoisotopic (exact) mass is 317 g/mol.